The minimum Gasteiger partial charge on any atom is -0.393 e. The maximum absolute atomic E-state index is 12.4. The van der Waals surface area contributed by atoms with Gasteiger partial charge in [0.1, 0.15) is 13.2 Å². The fraction of sp³-hybridized carbons (Fsp3) is 0.429. The van der Waals surface area contributed by atoms with Crippen molar-refractivity contribution >= 4 is 58.0 Å². The van der Waals surface area contributed by atoms with Gasteiger partial charge in [-0.3, -0.25) is 38.4 Å². The van der Waals surface area contributed by atoms with Gasteiger partial charge in [0, 0.05) is 54.2 Å². The molecule has 0 aliphatic carbocycles. The minimum absolute atomic E-state index is 0.000206. The highest BCUT2D eigenvalue weighted by Gasteiger charge is 2.47. The maximum Gasteiger partial charge on any atom is 0.424 e. The lowest BCUT2D eigenvalue weighted by molar-refractivity contribution is -0.179. The Morgan fingerprint density at radius 1 is 0.690 bits per heavy atom. The van der Waals surface area contributed by atoms with Crippen molar-refractivity contribution in [3.63, 3.8) is 0 Å². The first-order chi connectivity index (χ1) is 27.6. The van der Waals surface area contributed by atoms with Gasteiger partial charge in [0.25, 0.3) is 11.6 Å². The molecule has 23 nitrogen and oxygen atoms in total. The van der Waals surface area contributed by atoms with Crippen molar-refractivity contribution in [2.24, 2.45) is 28.0 Å². The van der Waals surface area contributed by atoms with Gasteiger partial charge in [-0.2, -0.15) is 9.58 Å². The first-order valence-electron chi connectivity index (χ1n) is 17.5. The van der Waals surface area contributed by atoms with Crippen LogP contribution in [0.25, 0.3) is 31.9 Å². The molecule has 4 rings (SSSR count). The Labute approximate surface area is 330 Å². The van der Waals surface area contributed by atoms with Crippen molar-refractivity contribution in [2.75, 3.05) is 14.1 Å². The number of Topliss-reactive ketones (excluding diaryl/α,β-unsaturated/α-hetero) is 2. The highest BCUT2D eigenvalue weighted by Crippen LogP contribution is 2.26. The van der Waals surface area contributed by atoms with E-state index in [-0.39, 0.29) is 43.8 Å². The van der Waals surface area contributed by atoms with Crippen LogP contribution < -0.4 is 10.6 Å². The highest BCUT2D eigenvalue weighted by atomic mass is 16.7. The van der Waals surface area contributed by atoms with Crippen molar-refractivity contribution in [2.45, 2.75) is 65.0 Å². The van der Waals surface area contributed by atoms with E-state index in [1.54, 1.807) is 48.5 Å². The summed E-state index contributed by atoms with van der Waals surface area (Å²) >= 11 is 0. The number of azide groups is 2. The Morgan fingerprint density at radius 2 is 1.05 bits per heavy atom. The Bertz CT molecular complexity index is 1950. The molecule has 5 atom stereocenters. The van der Waals surface area contributed by atoms with Crippen LogP contribution in [0.2, 0.25) is 0 Å². The predicted molar refractivity (Wildman–Crippen MR) is 199 cm³/mol. The molecule has 2 fully saturated rings. The third-order valence-corrected chi connectivity index (χ3v) is 8.92. The Kier molecular flexibility index (Phi) is 16.6. The standard InChI is InChI=1S/C18H21N7O4.C17H19N7O5/c1-10(2)15-13(21-17(15)27)8-14(26)16(22-19)18(28)25(3)29-9-11-4-6-12(7-5-11)23-24-20;1-9(25)14-12(20-16(14)27)7-13(26)15(21-18)17(28)24(2)29-8-10-3-5-11(6-4-10)22-23-19/h4-7,10,13,15H,8-9H2,1-3H3,(H,21,27);3-6,9,12,14,25H,7-8H2,1-2H3,(H,20,27)/t13-,15-;9-,12-,14-/m11/s1. The quantitative estimate of drug-likeness (QED) is 0.0379. The van der Waals surface area contributed by atoms with Gasteiger partial charge in [-0.25, -0.2) is 10.1 Å². The van der Waals surface area contributed by atoms with Crippen LogP contribution in [0, 0.1) is 17.8 Å². The highest BCUT2D eigenvalue weighted by molar-refractivity contribution is 6.64. The van der Waals surface area contributed by atoms with Gasteiger partial charge in [0.2, 0.25) is 11.8 Å². The smallest absolute Gasteiger partial charge is 0.393 e. The van der Waals surface area contributed by atoms with E-state index in [0.717, 1.165) is 10.1 Å². The second-order valence-electron chi connectivity index (χ2n) is 13.3. The zero-order valence-electron chi connectivity index (χ0n) is 32.0. The number of ketones is 2. The molecular formula is C35H40N14O9. The molecule has 2 heterocycles. The van der Waals surface area contributed by atoms with E-state index >= 15 is 0 Å². The molecule has 0 saturated carbocycles. The lowest BCUT2D eigenvalue weighted by Crippen LogP contribution is -2.62. The molecule has 2 saturated heterocycles. The van der Waals surface area contributed by atoms with Crippen LogP contribution in [0.1, 0.15) is 44.7 Å². The third kappa shape index (κ3) is 12.0. The van der Waals surface area contributed by atoms with Crippen LogP contribution in [0.4, 0.5) is 11.4 Å². The second kappa shape index (κ2) is 21.3. The molecule has 4 amide bonds. The summed E-state index contributed by atoms with van der Waals surface area (Å²) in [7, 11) is 2.54. The summed E-state index contributed by atoms with van der Waals surface area (Å²) in [4.78, 5) is 94.0. The summed E-state index contributed by atoms with van der Waals surface area (Å²) in [5, 5.41) is 23.1. The Balaban J connectivity index is 0.000000310. The first kappa shape index (κ1) is 45.3. The number of hydroxylamine groups is 4. The monoisotopic (exact) mass is 800 g/mol. The van der Waals surface area contributed by atoms with Crippen LogP contribution in [0.15, 0.2) is 58.8 Å². The lowest BCUT2D eigenvalue weighted by Gasteiger charge is -2.38. The number of aliphatic hydroxyl groups is 1. The topological polar surface area (TPSA) is 342 Å². The number of nitrogens with one attached hydrogen (secondary N) is 2. The molecule has 0 radical (unpaired) electrons. The third-order valence-electron chi connectivity index (χ3n) is 8.92. The number of benzene rings is 2. The molecule has 2 aromatic rings. The van der Waals surface area contributed by atoms with E-state index in [2.05, 4.69) is 40.3 Å². The van der Waals surface area contributed by atoms with E-state index in [0.29, 0.717) is 22.5 Å². The molecule has 0 unspecified atom stereocenters. The summed E-state index contributed by atoms with van der Waals surface area (Å²) in [5.74, 6) is -4.95. The molecule has 2 aliphatic rings. The van der Waals surface area contributed by atoms with Crippen LogP contribution in [-0.4, -0.2) is 104 Å². The SMILES string of the molecule is CC(C)[C@H]1C(=O)N[C@@H]1CC(=O)C(=[N+]=[N-])C(=O)N(C)OCc1ccc(N=[N+]=[N-])cc1.C[C@@H](O)[C@H]1C(=O)N[C@@H]1CC(=O)C(=[N+]=[N-])C(=O)N(C)OCc1ccc(N=[N+]=[N-])cc1. The molecule has 3 N–H and O–H groups in total. The maximum atomic E-state index is 12.4. The number of nitrogens with zero attached hydrogens (tertiary/aromatic N) is 12. The number of carbonyl (C=O) groups excluding carboxylic acids is 6. The van der Waals surface area contributed by atoms with E-state index in [1.807, 2.05) is 13.8 Å². The first-order valence-corrected chi connectivity index (χ1v) is 17.5. The molecule has 0 bridgehead atoms. The normalized spacial score (nSPS) is 17.9. The van der Waals surface area contributed by atoms with Gasteiger partial charge < -0.3 is 26.8 Å². The van der Waals surface area contributed by atoms with E-state index in [9.17, 15) is 33.9 Å². The van der Waals surface area contributed by atoms with Crippen LogP contribution in [0.5, 0.6) is 0 Å². The summed E-state index contributed by atoms with van der Waals surface area (Å²) in [6.07, 6.45) is -1.40. The van der Waals surface area contributed by atoms with Gasteiger partial charge in [-0.05, 0) is 35.0 Å². The number of hydrogen-bond acceptors (Lipinski definition) is 11. The summed E-state index contributed by atoms with van der Waals surface area (Å²) in [5.41, 5.74) is 35.8. The van der Waals surface area contributed by atoms with E-state index < -0.39 is 64.8 Å². The molecule has 58 heavy (non-hydrogen) atoms. The van der Waals surface area contributed by atoms with Crippen molar-refractivity contribution in [3.8, 4) is 0 Å². The van der Waals surface area contributed by atoms with E-state index in [4.69, 9.17) is 31.8 Å². The number of carbonyl (C=O) groups is 6. The van der Waals surface area contributed by atoms with Gasteiger partial charge in [-0.15, -0.1) is 0 Å². The number of hydrogen-bond donors (Lipinski definition) is 3. The largest absolute Gasteiger partial charge is 0.424 e. The van der Waals surface area contributed by atoms with Gasteiger partial charge >= 0.3 is 23.2 Å². The molecule has 2 aromatic carbocycles. The lowest BCUT2D eigenvalue weighted by atomic mass is 9.78. The zero-order chi connectivity index (χ0) is 43.1. The zero-order valence-corrected chi connectivity index (χ0v) is 32.0. The van der Waals surface area contributed by atoms with Crippen LogP contribution in [-0.2, 0) is 51.7 Å². The molecule has 2 aliphatic heterocycles. The van der Waals surface area contributed by atoms with E-state index in [1.165, 1.54) is 21.0 Å². The molecule has 0 aromatic heterocycles. The fourth-order valence-corrected chi connectivity index (χ4v) is 5.80. The van der Waals surface area contributed by atoms with Crippen LogP contribution in [0.3, 0.4) is 0 Å². The summed E-state index contributed by atoms with van der Waals surface area (Å²) in [6, 6.07) is 11.8. The number of β-lactam (4-membered cyclic amide) rings is 2. The van der Waals surface area contributed by atoms with Crippen molar-refractivity contribution in [3.05, 3.63) is 91.6 Å². The average Bonchev–Trinajstić information content (AvgIpc) is 3.16. The summed E-state index contributed by atoms with van der Waals surface area (Å²) in [6.45, 7) is 5.13. The Morgan fingerprint density at radius 3 is 1.34 bits per heavy atom. The van der Waals surface area contributed by atoms with Gasteiger partial charge in [0.05, 0.1) is 24.0 Å². The molecule has 304 valence electrons. The van der Waals surface area contributed by atoms with Gasteiger partial charge in [0.15, 0.2) is 0 Å². The molecular weight excluding hydrogens is 760 g/mol. The predicted octanol–water partition coefficient (Wildman–Crippen LogP) is 2.56. The average molecular weight is 801 g/mol. The van der Waals surface area contributed by atoms with Crippen LogP contribution >= 0.6 is 0 Å². The fourth-order valence-electron chi connectivity index (χ4n) is 5.80. The van der Waals surface area contributed by atoms with Gasteiger partial charge in [-0.1, -0.05) is 72.6 Å². The Hall–Kier alpha value is -7.08. The van der Waals surface area contributed by atoms with Crippen molar-refractivity contribution < 1.29 is 53.1 Å². The minimum atomic E-state index is -0.970. The summed E-state index contributed by atoms with van der Waals surface area (Å²) < 4.78 is 0. The molecule has 23 heteroatoms. The number of rotatable bonds is 18. The molecule has 0 spiro atoms. The number of aliphatic hydroxyl groups excluding tert-OH is 1. The van der Waals surface area contributed by atoms with Crippen molar-refractivity contribution in [1.82, 2.24) is 20.8 Å². The van der Waals surface area contributed by atoms with Crippen molar-refractivity contribution in [1.29, 1.82) is 0 Å². The second-order valence-corrected chi connectivity index (χ2v) is 13.3. The number of amides is 4.